The number of H-pyrrole nitrogens is 2. The molecule has 0 unspecified atom stereocenters. The van der Waals surface area contributed by atoms with Gasteiger partial charge in [0.05, 0.1) is 33.4 Å². The lowest BCUT2D eigenvalue weighted by atomic mass is 9.86. The van der Waals surface area contributed by atoms with E-state index in [4.69, 9.17) is 14.6 Å². The molecule has 2 aromatic heterocycles. The fourth-order valence-corrected chi connectivity index (χ4v) is 10.0. The average molecular weight is 1210 g/mol. The fourth-order valence-electron chi connectivity index (χ4n) is 9.33. The summed E-state index contributed by atoms with van der Waals surface area (Å²) in [6, 6.07) is 22.1. The summed E-state index contributed by atoms with van der Waals surface area (Å²) in [4.78, 5) is 92.6. The number of primary sulfonamides is 1. The van der Waals surface area contributed by atoms with E-state index in [1.54, 1.807) is 120 Å². The molecule has 0 spiro atoms. The number of benzene rings is 4. The number of amides is 5. The van der Waals surface area contributed by atoms with Crippen LogP contribution in [0.3, 0.4) is 0 Å². The monoisotopic (exact) mass is 1210 g/mol. The van der Waals surface area contributed by atoms with E-state index in [1.807, 2.05) is 47.6 Å². The molecule has 10 N–H and O–H groups in total. The highest BCUT2D eigenvalue weighted by Gasteiger charge is 2.31. The largest absolute Gasteiger partial charge is 0.454 e. The quantitative estimate of drug-likeness (QED) is 0.0128. The van der Waals surface area contributed by atoms with Crippen LogP contribution in [0.15, 0.2) is 83.8 Å². The topological polar surface area (TPSA) is 302 Å². The number of nitrogens with one attached hydrogen (secondary N) is 8. The molecule has 0 aliphatic carbocycles. The van der Waals surface area contributed by atoms with E-state index in [0.29, 0.717) is 98.7 Å². The molecule has 5 amide bonds. The minimum Gasteiger partial charge on any atom is -0.454 e. The second-order valence-corrected chi connectivity index (χ2v) is 24.9. The van der Waals surface area contributed by atoms with Gasteiger partial charge in [-0.25, -0.2) is 13.6 Å². The predicted molar refractivity (Wildman–Crippen MR) is 343 cm³/mol. The number of nitrogens with two attached hydrogens (primary N) is 1. The summed E-state index contributed by atoms with van der Waals surface area (Å²) in [7, 11) is -4.13. The minimum absolute atomic E-state index is 0.0928. The molecule has 462 valence electrons. The maximum atomic E-state index is 12.8. The molecule has 2 aliphatic heterocycles. The van der Waals surface area contributed by atoms with Crippen LogP contribution in [0.4, 0.5) is 22.7 Å². The van der Waals surface area contributed by atoms with E-state index in [2.05, 4.69) is 48.8 Å². The summed E-state index contributed by atoms with van der Waals surface area (Å²) in [5.74, 6) is -0.502. The lowest BCUT2D eigenvalue weighted by molar-refractivity contribution is -0.143. The summed E-state index contributed by atoms with van der Waals surface area (Å²) in [5, 5.41) is 22.8. The van der Waals surface area contributed by atoms with Gasteiger partial charge in [0, 0.05) is 88.5 Å². The standard InChI is InChI=1S/C24H29N3O4.C21H24N4O3.C21H28N2O4S/c1-7-10-25-22(29)20-13(2)19(26-14(20)3)12-17-16-11-15(31-23(30)24(4,5)6)8-9-18(16)27-21(17)28;1-5-8-22-21(28)19-11(2)18(23-12(19)3)10-16-15-9-14(24-13(4)26)6-7-17(15)25-20(16)27;1-5-6-12-23-17-13-15(20(24)21(2,3)4)14-18(28(22,25)26)19(17)27-16-10-8-7-9-11-16/h8-9,11-12,26H,7,10H2,1-6H3,(H,25,29)(H,27,28);6-7,9-10,23H,5,8H2,1-4H3,(H,22,28)(H,24,26)(H,25,27);7-11,13-14,23H,5-6,12H2,1-4H3,(H2,22,25,26)/b17-12-;16-10-;. The molecule has 20 nitrogen and oxygen atoms in total. The molecule has 0 radical (unpaired) electrons. The second-order valence-electron chi connectivity index (χ2n) is 23.3. The van der Waals surface area contributed by atoms with Gasteiger partial charge in [-0.1, -0.05) is 66.2 Å². The number of hydrogen-bond donors (Lipinski definition) is 9. The number of para-hydroxylation sites is 1. The van der Waals surface area contributed by atoms with Crippen molar-refractivity contribution < 1.29 is 51.5 Å². The predicted octanol–water partition coefficient (Wildman–Crippen LogP) is 12.0. The molecule has 8 rings (SSSR count). The van der Waals surface area contributed by atoms with Crippen molar-refractivity contribution >= 4 is 97.4 Å². The number of anilines is 4. The Labute approximate surface area is 509 Å². The number of aromatic nitrogens is 2. The molecule has 87 heavy (non-hydrogen) atoms. The zero-order chi connectivity index (χ0) is 64.3. The third kappa shape index (κ3) is 16.9. The lowest BCUT2D eigenvalue weighted by Gasteiger charge is -2.21. The molecule has 0 bridgehead atoms. The number of Topliss-reactive ketones (excluding diaryl/α,β-unsaturated/α-hetero) is 1. The van der Waals surface area contributed by atoms with Crippen molar-refractivity contribution in [2.45, 2.75) is 128 Å². The van der Waals surface area contributed by atoms with Crippen molar-refractivity contribution in [1.82, 2.24) is 20.6 Å². The number of ether oxygens (including phenoxy) is 2. The number of ketones is 1. The van der Waals surface area contributed by atoms with Gasteiger partial charge in [-0.3, -0.25) is 33.6 Å². The van der Waals surface area contributed by atoms with E-state index >= 15 is 0 Å². The Kier molecular flexibility index (Phi) is 21.9. The number of carbonyl (C=O) groups is 7. The van der Waals surface area contributed by atoms with Gasteiger partial charge in [-0.15, -0.1) is 0 Å². The van der Waals surface area contributed by atoms with Crippen LogP contribution in [0.1, 0.15) is 171 Å². The number of unbranched alkanes of at least 4 members (excludes halogenated alkanes) is 1. The van der Waals surface area contributed by atoms with Crippen molar-refractivity contribution in [2.24, 2.45) is 16.0 Å². The zero-order valence-corrected chi connectivity index (χ0v) is 52.9. The Hall–Kier alpha value is -9.08. The molecule has 4 aromatic carbocycles. The minimum atomic E-state index is -4.13. The van der Waals surface area contributed by atoms with Crippen LogP contribution >= 0.6 is 0 Å². The van der Waals surface area contributed by atoms with Crippen molar-refractivity contribution in [3.8, 4) is 17.2 Å². The maximum Gasteiger partial charge on any atom is 0.316 e. The lowest BCUT2D eigenvalue weighted by Crippen LogP contribution is -2.25. The highest BCUT2D eigenvalue weighted by atomic mass is 32.2. The van der Waals surface area contributed by atoms with E-state index < -0.39 is 20.9 Å². The molecule has 4 heterocycles. The first-order chi connectivity index (χ1) is 40.9. The first-order valence-electron chi connectivity index (χ1n) is 28.9. The van der Waals surface area contributed by atoms with Crippen LogP contribution in [0.25, 0.3) is 23.3 Å². The molecule has 0 saturated carbocycles. The molecule has 6 aromatic rings. The van der Waals surface area contributed by atoms with Crippen molar-refractivity contribution in [2.75, 3.05) is 40.9 Å². The van der Waals surface area contributed by atoms with Crippen molar-refractivity contribution in [3.05, 3.63) is 141 Å². The molecular weight excluding hydrogens is 1130 g/mol. The fraction of sp³-hybridized carbons (Fsp3) is 0.348. The van der Waals surface area contributed by atoms with E-state index in [0.717, 1.165) is 48.2 Å². The zero-order valence-electron chi connectivity index (χ0n) is 52.1. The van der Waals surface area contributed by atoms with Gasteiger partial charge >= 0.3 is 5.97 Å². The Morgan fingerprint density at radius 3 is 1.62 bits per heavy atom. The molecular formula is C66H81N9O11S. The van der Waals surface area contributed by atoms with Gasteiger partial charge in [0.25, 0.3) is 23.6 Å². The normalized spacial score (nSPS) is 13.5. The molecule has 0 atom stereocenters. The molecule has 0 saturated heterocycles. The number of rotatable bonds is 18. The van der Waals surface area contributed by atoms with Gasteiger partial charge < -0.3 is 51.3 Å². The van der Waals surface area contributed by atoms with E-state index in [1.165, 1.54) is 13.0 Å². The van der Waals surface area contributed by atoms with Crippen LogP contribution < -0.4 is 46.5 Å². The smallest absolute Gasteiger partial charge is 0.316 e. The van der Waals surface area contributed by atoms with E-state index in [9.17, 15) is 42.0 Å². The molecule has 21 heteroatoms. The van der Waals surface area contributed by atoms with Gasteiger partial charge in [-0.2, -0.15) is 0 Å². The highest BCUT2D eigenvalue weighted by Crippen LogP contribution is 2.41. The number of esters is 1. The van der Waals surface area contributed by atoms with Gasteiger partial charge in [0.15, 0.2) is 11.5 Å². The first-order valence-corrected chi connectivity index (χ1v) is 30.4. The van der Waals surface area contributed by atoms with Crippen LogP contribution in [0.5, 0.6) is 17.2 Å². The number of carbonyl (C=O) groups excluding carboxylic acids is 7. The first kappa shape index (κ1) is 67.1. The molecule has 2 aliphatic rings. The Bertz CT molecular complexity index is 3800. The number of aryl methyl sites for hydroxylation is 2. The van der Waals surface area contributed by atoms with Crippen molar-refractivity contribution in [3.63, 3.8) is 0 Å². The Balaban J connectivity index is 0.000000209. The van der Waals surface area contributed by atoms with Crippen LogP contribution in [0, 0.1) is 38.5 Å². The number of sulfonamides is 1. The maximum absolute atomic E-state index is 12.8. The third-order valence-electron chi connectivity index (χ3n) is 13.9. The molecule has 0 fully saturated rings. The van der Waals surface area contributed by atoms with Gasteiger partial charge in [0.1, 0.15) is 16.4 Å². The summed E-state index contributed by atoms with van der Waals surface area (Å²) in [6.45, 7) is 27.4. The van der Waals surface area contributed by atoms with Gasteiger partial charge in [0.2, 0.25) is 15.9 Å². The highest BCUT2D eigenvalue weighted by molar-refractivity contribution is 7.89. The third-order valence-corrected chi connectivity index (χ3v) is 14.8. The van der Waals surface area contributed by atoms with Crippen LogP contribution in [0.2, 0.25) is 0 Å². The Morgan fingerprint density at radius 1 is 0.632 bits per heavy atom. The summed E-state index contributed by atoms with van der Waals surface area (Å²) in [6.07, 6.45) is 7.04. The van der Waals surface area contributed by atoms with Crippen LogP contribution in [-0.2, 0) is 29.2 Å². The van der Waals surface area contributed by atoms with Crippen molar-refractivity contribution in [1.29, 1.82) is 0 Å². The average Bonchev–Trinajstić information content (AvgIpc) is 2.25. The summed E-state index contributed by atoms with van der Waals surface area (Å²) >= 11 is 0. The second kappa shape index (κ2) is 28.4. The number of fused-ring (bicyclic) bond motifs is 2. The number of hydrogen-bond acceptors (Lipinski definition) is 12. The van der Waals surface area contributed by atoms with Gasteiger partial charge in [-0.05, 0) is 152 Å². The SMILES string of the molecule is CCCCNc1cc(C(=O)C(C)(C)C)cc(S(N)(=O)=O)c1Oc1ccccc1.CCCNC(=O)c1c(C)[nH]c(/C=C2\C(=O)Nc3ccc(NC(C)=O)cc32)c1C.CCCNC(=O)c1c(C)[nH]c(/C=C2\C(=O)Nc3ccc(OC(=O)C(C)(C)C)cc32)c1C. The summed E-state index contributed by atoms with van der Waals surface area (Å²) < 4.78 is 36.0. The van der Waals surface area contributed by atoms with Crippen LogP contribution in [-0.4, -0.2) is 79.3 Å². The van der Waals surface area contributed by atoms with E-state index in [-0.39, 0.29) is 57.5 Å². The summed E-state index contributed by atoms with van der Waals surface area (Å²) in [5.41, 5.74) is 9.27. The Morgan fingerprint density at radius 2 is 1.15 bits per heavy atom. The number of aromatic amines is 2.